The maximum absolute atomic E-state index is 13.3. The van der Waals surface area contributed by atoms with E-state index in [2.05, 4.69) is 15.2 Å². The molecule has 2 heterocycles. The average molecular weight is 469 g/mol. The van der Waals surface area contributed by atoms with Gasteiger partial charge in [-0.25, -0.2) is 4.39 Å². The number of aromatic amines is 1. The highest BCUT2D eigenvalue weighted by molar-refractivity contribution is 7.80. The summed E-state index contributed by atoms with van der Waals surface area (Å²) in [7, 11) is 0. The van der Waals surface area contributed by atoms with Crippen molar-refractivity contribution in [2.75, 3.05) is 38.1 Å². The fourth-order valence-corrected chi connectivity index (χ4v) is 4.34. The van der Waals surface area contributed by atoms with E-state index in [1.165, 1.54) is 25.0 Å². The molecular formula is C25H29FN4O2S. The Labute approximate surface area is 198 Å². The van der Waals surface area contributed by atoms with Crippen LogP contribution in [-0.2, 0) is 6.54 Å². The third kappa shape index (κ3) is 6.09. The van der Waals surface area contributed by atoms with E-state index in [0.717, 1.165) is 36.3 Å². The zero-order valence-electron chi connectivity index (χ0n) is 18.8. The summed E-state index contributed by atoms with van der Waals surface area (Å²) in [6.07, 6.45) is 2.43. The third-order valence-electron chi connectivity index (χ3n) is 5.83. The normalized spacial score (nSPS) is 13.9. The van der Waals surface area contributed by atoms with Crippen LogP contribution < -0.4 is 15.6 Å². The third-order valence-corrected chi connectivity index (χ3v) is 6.19. The molecule has 1 aromatic heterocycles. The topological polar surface area (TPSA) is 60.6 Å². The first kappa shape index (κ1) is 23.2. The second kappa shape index (κ2) is 10.8. The van der Waals surface area contributed by atoms with Gasteiger partial charge in [0.1, 0.15) is 11.6 Å². The van der Waals surface area contributed by atoms with Crippen LogP contribution in [0.25, 0.3) is 10.9 Å². The van der Waals surface area contributed by atoms with Crippen LogP contribution in [-0.4, -0.2) is 52.7 Å². The van der Waals surface area contributed by atoms with Gasteiger partial charge in [0.05, 0.1) is 13.2 Å². The Morgan fingerprint density at radius 3 is 2.67 bits per heavy atom. The number of anilines is 1. The molecule has 3 aromatic rings. The molecule has 0 spiro atoms. The number of hydrogen-bond acceptors (Lipinski definition) is 4. The van der Waals surface area contributed by atoms with Gasteiger partial charge in [0, 0.05) is 35.2 Å². The lowest BCUT2D eigenvalue weighted by Crippen LogP contribution is -2.40. The Morgan fingerprint density at radius 2 is 1.94 bits per heavy atom. The van der Waals surface area contributed by atoms with E-state index in [0.29, 0.717) is 36.1 Å². The molecule has 0 atom stereocenters. The van der Waals surface area contributed by atoms with E-state index in [-0.39, 0.29) is 11.4 Å². The number of aromatic nitrogens is 1. The predicted molar refractivity (Wildman–Crippen MR) is 134 cm³/mol. The number of halogens is 1. The zero-order chi connectivity index (χ0) is 23.2. The molecule has 0 bridgehead atoms. The van der Waals surface area contributed by atoms with Crippen molar-refractivity contribution in [3.63, 3.8) is 0 Å². The summed E-state index contributed by atoms with van der Waals surface area (Å²) in [5.74, 6) is 0.467. The van der Waals surface area contributed by atoms with Crippen LogP contribution in [0.3, 0.4) is 0 Å². The Morgan fingerprint density at radius 1 is 1.18 bits per heavy atom. The molecule has 2 N–H and O–H groups in total. The molecule has 2 aromatic carbocycles. The number of ether oxygens (including phenoxy) is 1. The number of H-pyrrole nitrogens is 1. The molecule has 0 aliphatic carbocycles. The molecule has 0 unspecified atom stereocenters. The first-order chi connectivity index (χ1) is 16.0. The molecule has 33 heavy (non-hydrogen) atoms. The smallest absolute Gasteiger partial charge is 0.253 e. The van der Waals surface area contributed by atoms with Crippen LogP contribution in [0.1, 0.15) is 25.3 Å². The summed E-state index contributed by atoms with van der Waals surface area (Å²) in [6, 6.07) is 13.6. The van der Waals surface area contributed by atoms with Gasteiger partial charge in [-0.15, -0.1) is 0 Å². The summed E-state index contributed by atoms with van der Waals surface area (Å²) in [5.41, 5.74) is 1.97. The summed E-state index contributed by atoms with van der Waals surface area (Å²) in [6.45, 7) is 6.61. The van der Waals surface area contributed by atoms with Crippen molar-refractivity contribution in [1.29, 1.82) is 0 Å². The summed E-state index contributed by atoms with van der Waals surface area (Å²) >= 11 is 5.69. The zero-order valence-corrected chi connectivity index (χ0v) is 19.6. The highest BCUT2D eigenvalue weighted by Gasteiger charge is 2.17. The number of nitrogens with zero attached hydrogens (tertiary/aromatic N) is 2. The maximum Gasteiger partial charge on any atom is 0.253 e. The molecule has 1 fully saturated rings. The summed E-state index contributed by atoms with van der Waals surface area (Å²) in [5, 5.41) is 4.60. The number of pyridine rings is 1. The SMILES string of the molecule is CCOc1ccc2[nH]c(=O)c(CN(CCN3CCCC3)C(=S)Nc3ccc(F)cc3)cc2c1. The molecule has 0 saturated carbocycles. The van der Waals surface area contributed by atoms with E-state index in [4.69, 9.17) is 17.0 Å². The van der Waals surface area contributed by atoms with E-state index < -0.39 is 0 Å². The number of hydrogen-bond donors (Lipinski definition) is 2. The lowest BCUT2D eigenvalue weighted by molar-refractivity contribution is 0.289. The molecule has 174 valence electrons. The van der Waals surface area contributed by atoms with E-state index in [9.17, 15) is 9.18 Å². The number of rotatable bonds is 8. The largest absolute Gasteiger partial charge is 0.494 e. The van der Waals surface area contributed by atoms with Crippen molar-refractivity contribution >= 4 is 33.9 Å². The van der Waals surface area contributed by atoms with Gasteiger partial charge < -0.3 is 24.8 Å². The van der Waals surface area contributed by atoms with Gasteiger partial charge in [-0.1, -0.05) is 0 Å². The lowest BCUT2D eigenvalue weighted by atomic mass is 10.1. The average Bonchev–Trinajstić information content (AvgIpc) is 3.32. The molecule has 8 heteroatoms. The fourth-order valence-electron chi connectivity index (χ4n) is 4.07. The first-order valence-electron chi connectivity index (χ1n) is 11.3. The Bertz CT molecular complexity index is 1160. The number of nitrogens with one attached hydrogen (secondary N) is 2. The monoisotopic (exact) mass is 468 g/mol. The molecular weight excluding hydrogens is 439 g/mol. The molecule has 1 saturated heterocycles. The first-order valence-corrected chi connectivity index (χ1v) is 11.8. The minimum atomic E-state index is -0.300. The van der Waals surface area contributed by atoms with Crippen LogP contribution in [0, 0.1) is 5.82 Å². The number of thiocarbonyl (C=S) groups is 1. The fraction of sp³-hybridized carbons (Fsp3) is 0.360. The minimum absolute atomic E-state index is 0.137. The van der Waals surface area contributed by atoms with Crippen molar-refractivity contribution < 1.29 is 9.13 Å². The van der Waals surface area contributed by atoms with Crippen molar-refractivity contribution in [3.8, 4) is 5.75 Å². The van der Waals surface area contributed by atoms with Crippen LogP contribution in [0.4, 0.5) is 10.1 Å². The molecule has 0 amide bonds. The van der Waals surface area contributed by atoms with Gasteiger partial charge >= 0.3 is 0 Å². The Balaban J connectivity index is 1.56. The van der Waals surface area contributed by atoms with Gasteiger partial charge in [0.2, 0.25) is 0 Å². The van der Waals surface area contributed by atoms with Gasteiger partial charge in [-0.05, 0) is 93.6 Å². The molecule has 4 rings (SSSR count). The summed E-state index contributed by atoms with van der Waals surface area (Å²) in [4.78, 5) is 20.2. The molecule has 1 aliphatic rings. The van der Waals surface area contributed by atoms with Crippen LogP contribution in [0.2, 0.25) is 0 Å². The molecule has 6 nitrogen and oxygen atoms in total. The van der Waals surface area contributed by atoms with Gasteiger partial charge in [-0.3, -0.25) is 4.79 Å². The Kier molecular flexibility index (Phi) is 7.57. The lowest BCUT2D eigenvalue weighted by Gasteiger charge is -2.28. The molecule has 1 aliphatic heterocycles. The number of likely N-dealkylation sites (tertiary alicyclic amines) is 1. The van der Waals surface area contributed by atoms with E-state index >= 15 is 0 Å². The van der Waals surface area contributed by atoms with Gasteiger partial charge in [-0.2, -0.15) is 0 Å². The minimum Gasteiger partial charge on any atom is -0.494 e. The van der Waals surface area contributed by atoms with E-state index in [1.807, 2.05) is 36.1 Å². The molecule has 0 radical (unpaired) electrons. The second-order valence-corrected chi connectivity index (χ2v) is 8.60. The van der Waals surface area contributed by atoms with Crippen molar-refractivity contribution in [3.05, 3.63) is 70.3 Å². The number of fused-ring (bicyclic) bond motifs is 1. The quantitative estimate of drug-likeness (QED) is 0.479. The van der Waals surface area contributed by atoms with Crippen molar-refractivity contribution in [1.82, 2.24) is 14.8 Å². The van der Waals surface area contributed by atoms with Gasteiger partial charge in [0.25, 0.3) is 5.56 Å². The Hall–Kier alpha value is -2.97. The van der Waals surface area contributed by atoms with E-state index in [1.54, 1.807) is 12.1 Å². The summed E-state index contributed by atoms with van der Waals surface area (Å²) < 4.78 is 18.9. The van der Waals surface area contributed by atoms with Crippen molar-refractivity contribution in [2.45, 2.75) is 26.3 Å². The maximum atomic E-state index is 13.3. The second-order valence-electron chi connectivity index (χ2n) is 8.21. The highest BCUT2D eigenvalue weighted by atomic mass is 32.1. The van der Waals surface area contributed by atoms with Crippen LogP contribution in [0.15, 0.2) is 53.3 Å². The van der Waals surface area contributed by atoms with Crippen molar-refractivity contribution in [2.24, 2.45) is 0 Å². The van der Waals surface area contributed by atoms with Crippen LogP contribution in [0.5, 0.6) is 5.75 Å². The highest BCUT2D eigenvalue weighted by Crippen LogP contribution is 2.20. The standard InChI is InChI=1S/C25H29FN4O2S/c1-2-32-22-9-10-23-18(16-22)15-19(24(31)28-23)17-30(14-13-29-11-3-4-12-29)25(33)27-21-7-5-20(26)6-8-21/h5-10,15-16H,2-4,11-14,17H2,1H3,(H,27,33)(H,28,31). The predicted octanol–water partition coefficient (Wildman–Crippen LogP) is 4.36. The van der Waals surface area contributed by atoms with Crippen LogP contribution >= 0.6 is 12.2 Å². The van der Waals surface area contributed by atoms with Gasteiger partial charge in [0.15, 0.2) is 5.11 Å². The number of benzene rings is 2.